The van der Waals surface area contributed by atoms with E-state index in [1.165, 1.54) is 137 Å². The average molecular weight is 903 g/mol. The second kappa shape index (κ2) is 14.1. The van der Waals surface area contributed by atoms with Gasteiger partial charge < -0.3 is 9.80 Å². The van der Waals surface area contributed by atoms with Gasteiger partial charge in [0.15, 0.2) is 0 Å². The summed E-state index contributed by atoms with van der Waals surface area (Å²) in [6.07, 6.45) is 9.23. The maximum absolute atomic E-state index is 4.51. The molecule has 2 nitrogen and oxygen atoms in total. The first kappa shape index (κ1) is 44.9. The normalized spacial score (nSPS) is 20.9. The molecular weight excluding hydrogens is 828 g/mol. The lowest BCUT2D eigenvalue weighted by Crippen LogP contribution is -2.61. The van der Waals surface area contributed by atoms with Gasteiger partial charge in [0.25, 0.3) is 6.71 Å². The first-order chi connectivity index (χ1) is 31.2. The molecule has 3 heterocycles. The molecule has 2 aliphatic heterocycles. The third kappa shape index (κ3) is 6.46. The lowest BCUT2D eigenvalue weighted by atomic mass is 9.35. The van der Waals surface area contributed by atoms with Crippen molar-refractivity contribution in [3.05, 3.63) is 129 Å². The first-order valence-corrected chi connectivity index (χ1v) is 26.4. The fraction of sp³-hybridized carbons (Fsp3) is 0.460. The Morgan fingerprint density at radius 1 is 0.552 bits per heavy atom. The molecule has 0 amide bonds. The molecule has 0 fully saturated rings. The summed E-state index contributed by atoms with van der Waals surface area (Å²) in [5.74, 6) is 0. The predicted molar refractivity (Wildman–Crippen MR) is 295 cm³/mol. The summed E-state index contributed by atoms with van der Waals surface area (Å²) in [4.78, 5) is 5.47. The van der Waals surface area contributed by atoms with Gasteiger partial charge >= 0.3 is 0 Å². The molecule has 5 aromatic carbocycles. The Kier molecular flexibility index (Phi) is 9.42. The number of rotatable bonds is 3. The molecule has 0 spiro atoms. The van der Waals surface area contributed by atoms with Crippen molar-refractivity contribution in [1.82, 2.24) is 0 Å². The Labute approximate surface area is 408 Å². The molecule has 5 aliphatic rings. The second-order valence-electron chi connectivity index (χ2n) is 26.7. The van der Waals surface area contributed by atoms with E-state index in [9.17, 15) is 0 Å². The highest BCUT2D eigenvalue weighted by atomic mass is 32.1. The van der Waals surface area contributed by atoms with Gasteiger partial charge in [-0.2, -0.15) is 0 Å². The third-order valence-corrected chi connectivity index (χ3v) is 19.4. The lowest BCUT2D eigenvalue weighted by Gasteiger charge is -2.49. The number of hydrogen-bond donors (Lipinski definition) is 0. The van der Waals surface area contributed by atoms with Crippen molar-refractivity contribution in [1.29, 1.82) is 0 Å². The second-order valence-corrected chi connectivity index (χ2v) is 27.8. The molecule has 11 rings (SSSR count). The van der Waals surface area contributed by atoms with Crippen LogP contribution in [0, 0.1) is 6.92 Å². The topological polar surface area (TPSA) is 6.48 Å². The minimum atomic E-state index is -0.0122. The summed E-state index contributed by atoms with van der Waals surface area (Å²) in [7, 11) is 0. The van der Waals surface area contributed by atoms with Gasteiger partial charge in [-0.3, -0.25) is 0 Å². The molecule has 0 radical (unpaired) electrons. The van der Waals surface area contributed by atoms with Gasteiger partial charge in [0.2, 0.25) is 0 Å². The van der Waals surface area contributed by atoms with Gasteiger partial charge in [-0.15, -0.1) is 11.3 Å². The molecule has 0 bridgehead atoms. The Morgan fingerprint density at radius 2 is 1.09 bits per heavy atom. The van der Waals surface area contributed by atoms with Gasteiger partial charge in [-0.1, -0.05) is 141 Å². The maximum atomic E-state index is 4.51. The van der Waals surface area contributed by atoms with Crippen LogP contribution in [0.1, 0.15) is 192 Å². The minimum Gasteiger partial charge on any atom is -0.311 e. The van der Waals surface area contributed by atoms with E-state index in [0.29, 0.717) is 0 Å². The quantitative estimate of drug-likeness (QED) is 0.163. The van der Waals surface area contributed by atoms with Crippen LogP contribution in [0.15, 0.2) is 79.4 Å². The summed E-state index contributed by atoms with van der Waals surface area (Å²) < 4.78 is 2.86. The van der Waals surface area contributed by atoms with Crippen LogP contribution in [0.5, 0.6) is 0 Å². The van der Waals surface area contributed by atoms with Crippen molar-refractivity contribution >= 4 is 84.0 Å². The molecule has 4 heteroatoms. The van der Waals surface area contributed by atoms with E-state index in [-0.39, 0.29) is 44.6 Å². The number of fused-ring (bicyclic) bond motifs is 10. The summed E-state index contributed by atoms with van der Waals surface area (Å²) in [6.45, 7) is 43.8. The van der Waals surface area contributed by atoms with Gasteiger partial charge in [-0.25, -0.2) is 0 Å². The van der Waals surface area contributed by atoms with Gasteiger partial charge in [0.05, 0.1) is 11.4 Å². The van der Waals surface area contributed by atoms with Crippen molar-refractivity contribution in [3.63, 3.8) is 0 Å². The molecule has 67 heavy (non-hydrogen) atoms. The van der Waals surface area contributed by atoms with Crippen LogP contribution in [0.4, 0.5) is 34.1 Å². The van der Waals surface area contributed by atoms with Crippen LogP contribution in [-0.2, 0) is 37.9 Å². The number of aryl methyl sites for hydroxylation is 1. The monoisotopic (exact) mass is 903 g/mol. The molecule has 0 atom stereocenters. The highest BCUT2D eigenvalue weighted by molar-refractivity contribution is 7.33. The molecule has 0 saturated carbocycles. The van der Waals surface area contributed by atoms with Gasteiger partial charge in [0, 0.05) is 37.6 Å². The van der Waals surface area contributed by atoms with E-state index >= 15 is 0 Å². The minimum absolute atomic E-state index is 0.00776. The van der Waals surface area contributed by atoms with Crippen LogP contribution in [0.3, 0.4) is 0 Å². The molecule has 0 N–H and O–H groups in total. The maximum Gasteiger partial charge on any atom is 0.264 e. The molecule has 346 valence electrons. The Balaban J connectivity index is 1.30. The van der Waals surface area contributed by atoms with E-state index in [4.69, 9.17) is 0 Å². The van der Waals surface area contributed by atoms with Crippen molar-refractivity contribution in [3.8, 4) is 0 Å². The van der Waals surface area contributed by atoms with E-state index in [2.05, 4.69) is 217 Å². The van der Waals surface area contributed by atoms with Crippen LogP contribution >= 0.6 is 11.3 Å². The molecule has 1 aromatic heterocycles. The molecule has 0 unspecified atom stereocenters. The molecule has 0 saturated heterocycles. The predicted octanol–water partition coefficient (Wildman–Crippen LogP) is 16.3. The standard InChI is InChI=1S/C63H75BN2S/c1-18-38-33-39(57(3,4)5)19-24-48(38)66-50-32-37(2)31-49-53(50)64(56-54(66)41-35-45-46(36-51(41)67-56)62(14,15)28-27-61(45,12)13)47-23-22-43-52(63(16,17)30-29-59(43,8)9)55(47)65(49)40-20-21-42-44(34-40)60(10,11)26-25-58(42,6)7/h18-24,31-36H,1,25-30H2,2-17H3. The van der Waals surface area contributed by atoms with Crippen LogP contribution in [0.25, 0.3) is 16.2 Å². The first-order valence-electron chi connectivity index (χ1n) is 25.6. The smallest absolute Gasteiger partial charge is 0.264 e. The number of thiophene rings is 1. The van der Waals surface area contributed by atoms with Crippen molar-refractivity contribution in [2.75, 3.05) is 9.80 Å². The fourth-order valence-electron chi connectivity index (χ4n) is 13.5. The third-order valence-electron chi connectivity index (χ3n) is 18.2. The van der Waals surface area contributed by atoms with E-state index in [1.54, 1.807) is 5.56 Å². The van der Waals surface area contributed by atoms with Crippen molar-refractivity contribution in [2.24, 2.45) is 0 Å². The van der Waals surface area contributed by atoms with E-state index < -0.39 is 0 Å². The lowest BCUT2D eigenvalue weighted by molar-refractivity contribution is 0.331. The SMILES string of the molecule is C=Cc1cc(C(C)(C)C)ccc1N1c2cc(C)cc3c2B(c2ccc4c(c2N3c2ccc3c(c2)C(C)(C)CCC3(C)C)C(C)(C)CCC4(C)C)c2sc3cc4c(cc3c21)C(C)(C)CCC4(C)C. The summed E-state index contributed by atoms with van der Waals surface area (Å²) in [6, 6.07) is 30.3. The van der Waals surface area contributed by atoms with Gasteiger partial charge in [0.1, 0.15) is 0 Å². The van der Waals surface area contributed by atoms with Crippen LogP contribution in [-0.4, -0.2) is 6.71 Å². The zero-order valence-corrected chi connectivity index (χ0v) is 44.7. The summed E-state index contributed by atoms with van der Waals surface area (Å²) in [5, 5.41) is 1.39. The number of anilines is 6. The van der Waals surface area contributed by atoms with E-state index in [1.807, 2.05) is 0 Å². The van der Waals surface area contributed by atoms with Gasteiger partial charge in [-0.05, 0) is 193 Å². The number of benzene rings is 5. The van der Waals surface area contributed by atoms with E-state index in [0.717, 1.165) is 6.42 Å². The molecule has 6 aromatic rings. The van der Waals surface area contributed by atoms with Crippen LogP contribution < -0.4 is 25.5 Å². The Bertz CT molecular complexity index is 3120. The Hall–Kier alpha value is -4.54. The van der Waals surface area contributed by atoms with Crippen molar-refractivity contribution in [2.45, 2.75) is 187 Å². The van der Waals surface area contributed by atoms with Crippen molar-refractivity contribution < 1.29 is 0 Å². The highest BCUT2D eigenvalue weighted by Crippen LogP contribution is 2.57. The number of nitrogens with zero attached hydrogens (tertiary/aromatic N) is 2. The molecular formula is C63H75BN2S. The Morgan fingerprint density at radius 3 is 1.70 bits per heavy atom. The average Bonchev–Trinajstić information content (AvgIpc) is 3.62. The summed E-state index contributed by atoms with van der Waals surface area (Å²) in [5.41, 5.74) is 24.2. The zero-order valence-electron chi connectivity index (χ0n) is 43.8. The summed E-state index contributed by atoms with van der Waals surface area (Å²) >= 11 is 2.07. The number of hydrogen-bond acceptors (Lipinski definition) is 3. The van der Waals surface area contributed by atoms with Crippen LogP contribution in [0.2, 0.25) is 0 Å². The largest absolute Gasteiger partial charge is 0.311 e. The zero-order chi connectivity index (χ0) is 47.9. The fourth-order valence-corrected chi connectivity index (χ4v) is 14.9. The highest BCUT2D eigenvalue weighted by Gasteiger charge is 2.50. The molecule has 3 aliphatic carbocycles.